The van der Waals surface area contributed by atoms with Gasteiger partial charge in [-0.1, -0.05) is 33.1 Å². The van der Waals surface area contributed by atoms with E-state index in [1.165, 1.54) is 6.42 Å². The van der Waals surface area contributed by atoms with Crippen LogP contribution in [0.5, 0.6) is 0 Å². The van der Waals surface area contributed by atoms with Gasteiger partial charge in [-0.3, -0.25) is 4.79 Å². The van der Waals surface area contributed by atoms with Crippen molar-refractivity contribution in [2.24, 2.45) is 11.8 Å². The molecule has 0 heterocycles. The van der Waals surface area contributed by atoms with Crippen LogP contribution in [-0.4, -0.2) is 23.0 Å². The summed E-state index contributed by atoms with van der Waals surface area (Å²) in [7, 11) is 0. The highest BCUT2D eigenvalue weighted by molar-refractivity contribution is 5.83. The largest absolute Gasteiger partial charge is 0.480 e. The fourth-order valence-electron chi connectivity index (χ4n) is 2.45. The fraction of sp³-hybridized carbons (Fsp3) is 0.846. The smallest absolute Gasteiger partial charge is 0.326 e. The van der Waals surface area contributed by atoms with Crippen molar-refractivity contribution in [2.75, 3.05) is 0 Å². The maximum absolute atomic E-state index is 11.6. The minimum absolute atomic E-state index is 0.109. The van der Waals surface area contributed by atoms with Crippen LogP contribution in [0, 0.1) is 11.8 Å². The maximum atomic E-state index is 11.6. The van der Waals surface area contributed by atoms with Crippen LogP contribution in [0.4, 0.5) is 0 Å². The van der Waals surface area contributed by atoms with E-state index in [-0.39, 0.29) is 17.7 Å². The lowest BCUT2D eigenvalue weighted by atomic mass is 9.84. The van der Waals surface area contributed by atoms with E-state index in [1.807, 2.05) is 13.8 Å². The molecule has 0 unspecified atom stereocenters. The zero-order valence-electron chi connectivity index (χ0n) is 10.7. The molecule has 1 atom stereocenters. The van der Waals surface area contributed by atoms with Crippen LogP contribution in [-0.2, 0) is 9.59 Å². The lowest BCUT2D eigenvalue weighted by Crippen LogP contribution is -2.46. The highest BCUT2D eigenvalue weighted by atomic mass is 16.4. The molecule has 2 N–H and O–H groups in total. The van der Waals surface area contributed by atoms with Crippen molar-refractivity contribution in [2.45, 2.75) is 58.4 Å². The molecular weight excluding hydrogens is 218 g/mol. The standard InChI is InChI=1S/C13H23NO3/c1-9(2)8-11(15)14-12(13(16)17)10-6-4-3-5-7-10/h9-10,12H,3-8H2,1-2H3,(H,14,15)(H,16,17)/t12-/m1/s1. The molecule has 1 saturated carbocycles. The molecule has 0 aromatic heterocycles. The summed E-state index contributed by atoms with van der Waals surface area (Å²) in [5, 5.41) is 11.9. The van der Waals surface area contributed by atoms with Crippen molar-refractivity contribution in [3.05, 3.63) is 0 Å². The lowest BCUT2D eigenvalue weighted by Gasteiger charge is -2.28. The number of hydrogen-bond donors (Lipinski definition) is 2. The van der Waals surface area contributed by atoms with Crippen LogP contribution in [0.2, 0.25) is 0 Å². The third-order valence-corrected chi connectivity index (χ3v) is 3.30. The molecule has 1 aliphatic carbocycles. The number of carboxylic acids is 1. The number of rotatable bonds is 5. The van der Waals surface area contributed by atoms with E-state index in [0.717, 1.165) is 25.7 Å². The second-order valence-electron chi connectivity index (χ2n) is 5.38. The summed E-state index contributed by atoms with van der Waals surface area (Å²) in [6, 6.07) is -0.693. The fourth-order valence-corrected chi connectivity index (χ4v) is 2.45. The summed E-state index contributed by atoms with van der Waals surface area (Å²) in [5.41, 5.74) is 0. The monoisotopic (exact) mass is 241 g/mol. The first-order valence-corrected chi connectivity index (χ1v) is 6.53. The van der Waals surface area contributed by atoms with E-state index < -0.39 is 12.0 Å². The second kappa shape index (κ2) is 6.62. The van der Waals surface area contributed by atoms with Gasteiger partial charge in [0.05, 0.1) is 0 Å². The first kappa shape index (κ1) is 14.0. The van der Waals surface area contributed by atoms with E-state index in [9.17, 15) is 14.7 Å². The molecule has 1 fully saturated rings. The highest BCUT2D eigenvalue weighted by Crippen LogP contribution is 2.26. The Labute approximate surface area is 103 Å². The number of carbonyl (C=O) groups is 2. The summed E-state index contributed by atoms with van der Waals surface area (Å²) in [5.74, 6) is -0.667. The van der Waals surface area contributed by atoms with Crippen LogP contribution in [0.1, 0.15) is 52.4 Å². The normalized spacial score (nSPS) is 19.0. The van der Waals surface area contributed by atoms with E-state index in [4.69, 9.17) is 0 Å². The van der Waals surface area contributed by atoms with E-state index in [1.54, 1.807) is 0 Å². The van der Waals surface area contributed by atoms with Crippen LogP contribution >= 0.6 is 0 Å². The minimum Gasteiger partial charge on any atom is -0.480 e. The van der Waals surface area contributed by atoms with Gasteiger partial charge in [0, 0.05) is 6.42 Å². The molecule has 1 rings (SSSR count). The van der Waals surface area contributed by atoms with Crippen molar-refractivity contribution >= 4 is 11.9 Å². The Morgan fingerprint density at radius 2 is 1.82 bits per heavy atom. The zero-order valence-corrected chi connectivity index (χ0v) is 10.7. The van der Waals surface area contributed by atoms with E-state index in [0.29, 0.717) is 6.42 Å². The number of hydrogen-bond acceptors (Lipinski definition) is 2. The van der Waals surface area contributed by atoms with Crippen LogP contribution in [0.25, 0.3) is 0 Å². The molecule has 1 aliphatic rings. The van der Waals surface area contributed by atoms with Gasteiger partial charge in [0.2, 0.25) is 5.91 Å². The van der Waals surface area contributed by atoms with E-state index in [2.05, 4.69) is 5.32 Å². The van der Waals surface area contributed by atoms with Crippen molar-refractivity contribution in [1.29, 1.82) is 0 Å². The quantitative estimate of drug-likeness (QED) is 0.775. The molecule has 0 saturated heterocycles. The Kier molecular flexibility index (Phi) is 5.45. The predicted molar refractivity (Wildman–Crippen MR) is 65.6 cm³/mol. The Bertz CT molecular complexity index is 270. The highest BCUT2D eigenvalue weighted by Gasteiger charge is 2.30. The average molecular weight is 241 g/mol. The Morgan fingerprint density at radius 3 is 2.29 bits per heavy atom. The molecule has 0 bridgehead atoms. The Hall–Kier alpha value is -1.06. The maximum Gasteiger partial charge on any atom is 0.326 e. The Balaban J connectivity index is 2.53. The lowest BCUT2D eigenvalue weighted by molar-refractivity contribution is -0.144. The number of carbonyl (C=O) groups excluding carboxylic acids is 1. The molecule has 0 aromatic carbocycles. The molecule has 0 aliphatic heterocycles. The number of nitrogens with one attached hydrogen (secondary N) is 1. The number of carboxylic acid groups (broad SMARTS) is 1. The van der Waals surface area contributed by atoms with Gasteiger partial charge in [-0.15, -0.1) is 0 Å². The minimum atomic E-state index is -0.894. The van der Waals surface area contributed by atoms with Crippen LogP contribution in [0.3, 0.4) is 0 Å². The van der Waals surface area contributed by atoms with Crippen molar-refractivity contribution < 1.29 is 14.7 Å². The Morgan fingerprint density at radius 1 is 1.24 bits per heavy atom. The first-order valence-electron chi connectivity index (χ1n) is 6.53. The molecule has 1 amide bonds. The van der Waals surface area contributed by atoms with Crippen molar-refractivity contribution in [3.63, 3.8) is 0 Å². The molecule has 4 heteroatoms. The van der Waals surface area contributed by atoms with Crippen LogP contribution < -0.4 is 5.32 Å². The van der Waals surface area contributed by atoms with Gasteiger partial charge in [-0.05, 0) is 24.7 Å². The van der Waals surface area contributed by atoms with E-state index >= 15 is 0 Å². The molecule has 98 valence electrons. The third kappa shape index (κ3) is 4.75. The summed E-state index contributed by atoms with van der Waals surface area (Å²) >= 11 is 0. The predicted octanol–water partition coefficient (Wildman–Crippen LogP) is 2.18. The van der Waals surface area contributed by atoms with Gasteiger partial charge < -0.3 is 10.4 Å². The molecule has 0 radical (unpaired) electrons. The molecule has 0 spiro atoms. The number of amides is 1. The zero-order chi connectivity index (χ0) is 12.8. The van der Waals surface area contributed by atoms with Gasteiger partial charge in [-0.2, -0.15) is 0 Å². The van der Waals surface area contributed by atoms with Crippen LogP contribution in [0.15, 0.2) is 0 Å². The van der Waals surface area contributed by atoms with Crippen molar-refractivity contribution in [3.8, 4) is 0 Å². The van der Waals surface area contributed by atoms with Gasteiger partial charge in [-0.25, -0.2) is 4.79 Å². The third-order valence-electron chi connectivity index (χ3n) is 3.30. The summed E-state index contributed by atoms with van der Waals surface area (Å²) in [6.45, 7) is 3.91. The first-order chi connectivity index (χ1) is 8.00. The van der Waals surface area contributed by atoms with Gasteiger partial charge >= 0.3 is 5.97 Å². The topological polar surface area (TPSA) is 66.4 Å². The average Bonchev–Trinajstić information content (AvgIpc) is 2.25. The molecule has 4 nitrogen and oxygen atoms in total. The SMILES string of the molecule is CC(C)CC(=O)N[C@@H](C(=O)O)C1CCCCC1. The molecule has 0 aromatic rings. The number of aliphatic carboxylic acids is 1. The van der Waals surface area contributed by atoms with Crippen molar-refractivity contribution in [1.82, 2.24) is 5.32 Å². The molecular formula is C13H23NO3. The summed E-state index contributed by atoms with van der Waals surface area (Å²) in [4.78, 5) is 22.8. The second-order valence-corrected chi connectivity index (χ2v) is 5.38. The van der Waals surface area contributed by atoms with Gasteiger partial charge in [0.25, 0.3) is 0 Å². The van der Waals surface area contributed by atoms with Gasteiger partial charge in [0.15, 0.2) is 0 Å². The summed E-state index contributed by atoms with van der Waals surface area (Å²) < 4.78 is 0. The molecule has 17 heavy (non-hydrogen) atoms. The summed E-state index contributed by atoms with van der Waals surface area (Å²) in [6.07, 6.45) is 5.57. The van der Waals surface area contributed by atoms with Gasteiger partial charge in [0.1, 0.15) is 6.04 Å².